The molecule has 2 aliphatic rings. The SMILES string of the molecule is CCc1ccc2nc(N3CCN(C(=O)NC4CCCC4)CC3)sc2c1. The Balaban J connectivity index is 1.37. The van der Waals surface area contributed by atoms with Crippen LogP contribution < -0.4 is 10.2 Å². The van der Waals surface area contributed by atoms with Gasteiger partial charge in [0.1, 0.15) is 0 Å². The van der Waals surface area contributed by atoms with Gasteiger partial charge < -0.3 is 15.1 Å². The van der Waals surface area contributed by atoms with Gasteiger partial charge in [-0.25, -0.2) is 9.78 Å². The third kappa shape index (κ3) is 3.59. The van der Waals surface area contributed by atoms with E-state index >= 15 is 0 Å². The van der Waals surface area contributed by atoms with Crippen molar-refractivity contribution in [1.29, 1.82) is 0 Å². The van der Waals surface area contributed by atoms with Crippen molar-refractivity contribution < 1.29 is 4.79 Å². The van der Waals surface area contributed by atoms with Gasteiger partial charge in [0.25, 0.3) is 0 Å². The van der Waals surface area contributed by atoms with Crippen LogP contribution in [-0.4, -0.2) is 48.1 Å². The molecule has 6 heteroatoms. The Morgan fingerprint density at radius 2 is 2.00 bits per heavy atom. The maximum atomic E-state index is 12.4. The minimum Gasteiger partial charge on any atom is -0.345 e. The Kier molecular flexibility index (Phi) is 4.79. The molecule has 2 heterocycles. The highest BCUT2D eigenvalue weighted by molar-refractivity contribution is 7.22. The van der Waals surface area contributed by atoms with Crippen LogP contribution in [0.1, 0.15) is 38.2 Å². The van der Waals surface area contributed by atoms with Crippen LogP contribution >= 0.6 is 11.3 Å². The number of benzene rings is 1. The van der Waals surface area contributed by atoms with E-state index in [1.165, 1.54) is 23.1 Å². The second kappa shape index (κ2) is 7.20. The summed E-state index contributed by atoms with van der Waals surface area (Å²) in [5, 5.41) is 4.28. The van der Waals surface area contributed by atoms with Gasteiger partial charge in [-0.1, -0.05) is 37.2 Å². The van der Waals surface area contributed by atoms with E-state index < -0.39 is 0 Å². The topological polar surface area (TPSA) is 48.5 Å². The van der Waals surface area contributed by atoms with Gasteiger partial charge in [-0.15, -0.1) is 0 Å². The van der Waals surface area contributed by atoms with E-state index in [2.05, 4.69) is 35.3 Å². The first-order valence-electron chi connectivity index (χ1n) is 9.43. The van der Waals surface area contributed by atoms with Crippen molar-refractivity contribution in [3.63, 3.8) is 0 Å². The van der Waals surface area contributed by atoms with Gasteiger partial charge in [-0.2, -0.15) is 0 Å². The van der Waals surface area contributed by atoms with Crippen molar-refractivity contribution in [3.05, 3.63) is 23.8 Å². The van der Waals surface area contributed by atoms with Crippen LogP contribution in [-0.2, 0) is 6.42 Å². The predicted molar refractivity (Wildman–Crippen MR) is 104 cm³/mol. The summed E-state index contributed by atoms with van der Waals surface area (Å²) in [6, 6.07) is 7.05. The molecule has 134 valence electrons. The molecule has 2 amide bonds. The molecule has 0 radical (unpaired) electrons. The van der Waals surface area contributed by atoms with E-state index in [4.69, 9.17) is 4.98 Å². The summed E-state index contributed by atoms with van der Waals surface area (Å²) in [5.74, 6) is 0. The molecule has 1 aliphatic heterocycles. The van der Waals surface area contributed by atoms with Crippen LogP contribution in [0.5, 0.6) is 0 Å². The van der Waals surface area contributed by atoms with Crippen LogP contribution in [0.2, 0.25) is 0 Å². The standard InChI is InChI=1S/C19H26N4OS/c1-2-14-7-8-16-17(13-14)25-19(21-16)23-11-9-22(10-12-23)18(24)20-15-5-3-4-6-15/h7-8,13,15H,2-6,9-12H2,1H3,(H,20,24). The first-order chi connectivity index (χ1) is 12.2. The van der Waals surface area contributed by atoms with E-state index in [1.807, 2.05) is 4.90 Å². The average molecular weight is 359 g/mol. The highest BCUT2D eigenvalue weighted by atomic mass is 32.1. The number of fused-ring (bicyclic) bond motifs is 1. The van der Waals surface area contributed by atoms with Crippen molar-refractivity contribution in [2.75, 3.05) is 31.1 Å². The summed E-state index contributed by atoms with van der Waals surface area (Å²) in [4.78, 5) is 21.5. The van der Waals surface area contributed by atoms with Crippen LogP contribution in [0.15, 0.2) is 18.2 Å². The summed E-state index contributed by atoms with van der Waals surface area (Å²) in [7, 11) is 0. The minimum absolute atomic E-state index is 0.114. The molecule has 2 fully saturated rings. The molecular weight excluding hydrogens is 332 g/mol. The molecule has 1 saturated carbocycles. The number of carbonyl (C=O) groups excluding carboxylic acids is 1. The summed E-state index contributed by atoms with van der Waals surface area (Å²) in [6.07, 6.45) is 5.82. The third-order valence-corrected chi connectivity index (χ3v) is 6.45. The molecule has 1 N–H and O–H groups in total. The Bertz CT molecular complexity index is 745. The highest BCUT2D eigenvalue weighted by Crippen LogP contribution is 2.30. The second-order valence-corrected chi connectivity index (χ2v) is 8.07. The molecular formula is C19H26N4OS. The summed E-state index contributed by atoms with van der Waals surface area (Å²) >= 11 is 1.76. The molecule has 1 aromatic heterocycles. The maximum Gasteiger partial charge on any atom is 0.317 e. The van der Waals surface area contributed by atoms with E-state index in [-0.39, 0.29) is 6.03 Å². The van der Waals surface area contributed by atoms with Crippen LogP contribution in [0.3, 0.4) is 0 Å². The van der Waals surface area contributed by atoms with Crippen molar-refractivity contribution in [2.45, 2.75) is 45.1 Å². The molecule has 0 unspecified atom stereocenters. The Hall–Kier alpha value is -1.82. The lowest BCUT2D eigenvalue weighted by Gasteiger charge is -2.35. The monoisotopic (exact) mass is 358 g/mol. The van der Waals surface area contributed by atoms with Crippen LogP contribution in [0.4, 0.5) is 9.93 Å². The summed E-state index contributed by atoms with van der Waals surface area (Å²) in [6.45, 7) is 5.44. The number of hydrogen-bond acceptors (Lipinski definition) is 4. The fraction of sp³-hybridized carbons (Fsp3) is 0.579. The maximum absolute atomic E-state index is 12.4. The Labute approximate surface area is 153 Å². The highest BCUT2D eigenvalue weighted by Gasteiger charge is 2.25. The Morgan fingerprint density at radius 3 is 2.72 bits per heavy atom. The number of carbonyl (C=O) groups is 1. The molecule has 1 aliphatic carbocycles. The van der Waals surface area contributed by atoms with Gasteiger partial charge >= 0.3 is 6.03 Å². The van der Waals surface area contributed by atoms with Crippen molar-refractivity contribution in [3.8, 4) is 0 Å². The number of aryl methyl sites for hydroxylation is 1. The second-order valence-electron chi connectivity index (χ2n) is 7.06. The largest absolute Gasteiger partial charge is 0.345 e. The summed E-state index contributed by atoms with van der Waals surface area (Å²) < 4.78 is 1.26. The number of piperazine rings is 1. The van der Waals surface area contributed by atoms with Gasteiger partial charge in [0.15, 0.2) is 5.13 Å². The average Bonchev–Trinajstić information content (AvgIpc) is 3.30. The van der Waals surface area contributed by atoms with Crippen molar-refractivity contribution >= 4 is 32.7 Å². The number of urea groups is 1. The lowest BCUT2D eigenvalue weighted by molar-refractivity contribution is 0.190. The zero-order valence-corrected chi connectivity index (χ0v) is 15.6. The molecule has 4 rings (SSSR count). The number of nitrogens with one attached hydrogen (secondary N) is 1. The molecule has 2 aromatic rings. The van der Waals surface area contributed by atoms with Crippen LogP contribution in [0, 0.1) is 0 Å². The van der Waals surface area contributed by atoms with Gasteiger partial charge in [0, 0.05) is 32.2 Å². The minimum atomic E-state index is 0.114. The molecule has 0 spiro atoms. The molecule has 0 bridgehead atoms. The van der Waals surface area contributed by atoms with E-state index in [0.29, 0.717) is 6.04 Å². The zero-order chi connectivity index (χ0) is 17.2. The predicted octanol–water partition coefficient (Wildman–Crippen LogP) is 3.63. The van der Waals surface area contributed by atoms with Crippen molar-refractivity contribution in [2.24, 2.45) is 0 Å². The van der Waals surface area contributed by atoms with E-state index in [0.717, 1.165) is 56.1 Å². The van der Waals surface area contributed by atoms with E-state index in [9.17, 15) is 4.79 Å². The number of thiazole rings is 1. The number of rotatable bonds is 3. The first kappa shape index (κ1) is 16.6. The molecule has 25 heavy (non-hydrogen) atoms. The van der Waals surface area contributed by atoms with Crippen LogP contribution in [0.25, 0.3) is 10.2 Å². The summed E-state index contributed by atoms with van der Waals surface area (Å²) in [5.41, 5.74) is 2.44. The van der Waals surface area contributed by atoms with Crippen molar-refractivity contribution in [1.82, 2.24) is 15.2 Å². The van der Waals surface area contributed by atoms with Gasteiger partial charge in [-0.05, 0) is 37.0 Å². The molecule has 1 aromatic carbocycles. The quantitative estimate of drug-likeness (QED) is 0.911. The lowest BCUT2D eigenvalue weighted by atomic mass is 10.2. The molecule has 5 nitrogen and oxygen atoms in total. The van der Waals surface area contributed by atoms with Gasteiger partial charge in [-0.3, -0.25) is 0 Å². The number of aromatic nitrogens is 1. The lowest BCUT2D eigenvalue weighted by Crippen LogP contribution is -2.53. The fourth-order valence-corrected chi connectivity index (χ4v) is 4.83. The molecule has 1 saturated heterocycles. The third-order valence-electron chi connectivity index (χ3n) is 5.37. The first-order valence-corrected chi connectivity index (χ1v) is 10.2. The van der Waals surface area contributed by atoms with E-state index in [1.54, 1.807) is 11.3 Å². The smallest absolute Gasteiger partial charge is 0.317 e. The van der Waals surface area contributed by atoms with Gasteiger partial charge in [0.2, 0.25) is 0 Å². The molecule has 0 atom stereocenters. The zero-order valence-electron chi connectivity index (χ0n) is 14.8. The normalized spacial score (nSPS) is 18.9. The number of hydrogen-bond donors (Lipinski definition) is 1. The Morgan fingerprint density at radius 1 is 1.24 bits per heavy atom. The number of amides is 2. The fourth-order valence-electron chi connectivity index (χ4n) is 3.75. The van der Waals surface area contributed by atoms with Gasteiger partial charge in [0.05, 0.1) is 10.2 Å². The number of nitrogens with zero attached hydrogens (tertiary/aromatic N) is 3. The number of anilines is 1.